The molecule has 2 N–H and O–H groups in total. The molecule has 112 valence electrons. The number of ether oxygens (including phenoxy) is 2. The first-order chi connectivity index (χ1) is 9.40. The second-order valence-corrected chi connectivity index (χ2v) is 5.61. The third-order valence-corrected chi connectivity index (χ3v) is 3.59. The Labute approximate surface area is 118 Å². The van der Waals surface area contributed by atoms with Gasteiger partial charge in [-0.05, 0) is 31.0 Å². The molecule has 0 bridgehead atoms. The van der Waals surface area contributed by atoms with Crippen molar-refractivity contribution in [1.29, 1.82) is 0 Å². The van der Waals surface area contributed by atoms with Gasteiger partial charge in [0.05, 0.1) is 17.1 Å². The Morgan fingerprint density at radius 2 is 1.95 bits per heavy atom. The van der Waals surface area contributed by atoms with Crippen LogP contribution < -0.4 is 5.14 Å². The van der Waals surface area contributed by atoms with Crippen LogP contribution >= 0.6 is 0 Å². The topological polar surface area (TPSA) is 95.7 Å². The first-order valence-electron chi connectivity index (χ1n) is 6.30. The molecule has 20 heavy (non-hydrogen) atoms. The summed E-state index contributed by atoms with van der Waals surface area (Å²) in [5.41, 5.74) is 0.925. The molecule has 0 spiro atoms. The van der Waals surface area contributed by atoms with Gasteiger partial charge >= 0.3 is 5.97 Å². The van der Waals surface area contributed by atoms with E-state index in [0.29, 0.717) is 25.2 Å². The molecule has 0 amide bonds. The molecule has 0 aromatic heterocycles. The molecule has 0 aliphatic rings. The standard InChI is InChI=1S/C13H19NO5S/c1-3-10-5-6-11(20(14,16)17)9-12(10)13(15)19-8-7-18-4-2/h5-6,9H,3-4,7-8H2,1-2H3,(H2,14,16,17). The van der Waals surface area contributed by atoms with Gasteiger partial charge in [0.15, 0.2) is 0 Å². The van der Waals surface area contributed by atoms with Crippen LogP contribution in [0.4, 0.5) is 0 Å². The highest BCUT2D eigenvalue weighted by atomic mass is 32.2. The number of rotatable bonds is 7. The zero-order chi connectivity index (χ0) is 15.2. The SMILES string of the molecule is CCOCCOC(=O)c1cc(S(N)(=O)=O)ccc1CC. The van der Waals surface area contributed by atoms with Gasteiger partial charge in [-0.1, -0.05) is 13.0 Å². The van der Waals surface area contributed by atoms with Gasteiger partial charge in [-0.3, -0.25) is 0 Å². The zero-order valence-electron chi connectivity index (χ0n) is 11.6. The Balaban J connectivity index is 2.93. The van der Waals surface area contributed by atoms with Crippen molar-refractivity contribution in [2.45, 2.75) is 25.2 Å². The van der Waals surface area contributed by atoms with Gasteiger partial charge < -0.3 is 9.47 Å². The summed E-state index contributed by atoms with van der Waals surface area (Å²) in [6.45, 7) is 4.67. The minimum absolute atomic E-state index is 0.105. The fourth-order valence-electron chi connectivity index (χ4n) is 1.65. The number of hydrogen-bond donors (Lipinski definition) is 1. The first kappa shape index (κ1) is 16.6. The average Bonchev–Trinajstić information content (AvgIpc) is 2.41. The number of carbonyl (C=O) groups excluding carboxylic acids is 1. The average molecular weight is 301 g/mol. The van der Waals surface area contributed by atoms with E-state index < -0.39 is 16.0 Å². The molecule has 0 saturated carbocycles. The maximum atomic E-state index is 12.0. The van der Waals surface area contributed by atoms with Crippen molar-refractivity contribution in [2.24, 2.45) is 5.14 Å². The van der Waals surface area contributed by atoms with Crippen molar-refractivity contribution in [3.8, 4) is 0 Å². The highest BCUT2D eigenvalue weighted by Crippen LogP contribution is 2.17. The monoisotopic (exact) mass is 301 g/mol. The van der Waals surface area contributed by atoms with Gasteiger partial charge in [0.1, 0.15) is 6.61 Å². The fourth-order valence-corrected chi connectivity index (χ4v) is 2.19. The summed E-state index contributed by atoms with van der Waals surface area (Å²) in [5, 5.41) is 5.06. The largest absolute Gasteiger partial charge is 0.460 e. The van der Waals surface area contributed by atoms with E-state index in [1.807, 2.05) is 13.8 Å². The Bertz CT molecular complexity index is 568. The smallest absolute Gasteiger partial charge is 0.338 e. The van der Waals surface area contributed by atoms with E-state index in [9.17, 15) is 13.2 Å². The summed E-state index contributed by atoms with van der Waals surface area (Å²) in [6.07, 6.45) is 0.584. The molecule has 0 fully saturated rings. The van der Waals surface area contributed by atoms with Crippen molar-refractivity contribution < 1.29 is 22.7 Å². The molecule has 0 heterocycles. The minimum Gasteiger partial charge on any atom is -0.460 e. The number of primary sulfonamides is 1. The lowest BCUT2D eigenvalue weighted by molar-refractivity contribution is 0.0334. The van der Waals surface area contributed by atoms with Gasteiger partial charge in [-0.15, -0.1) is 0 Å². The molecule has 0 aliphatic heterocycles. The number of esters is 1. The van der Waals surface area contributed by atoms with E-state index in [-0.39, 0.29) is 17.1 Å². The first-order valence-corrected chi connectivity index (χ1v) is 7.85. The quantitative estimate of drug-likeness (QED) is 0.601. The maximum absolute atomic E-state index is 12.0. The van der Waals surface area contributed by atoms with Crippen LogP contribution in [-0.2, 0) is 25.9 Å². The summed E-state index contributed by atoms with van der Waals surface area (Å²) in [5.74, 6) is -0.577. The number of carbonyl (C=O) groups is 1. The summed E-state index contributed by atoms with van der Waals surface area (Å²) < 4.78 is 32.7. The molecule has 0 aliphatic carbocycles. The van der Waals surface area contributed by atoms with E-state index in [1.54, 1.807) is 6.07 Å². The summed E-state index contributed by atoms with van der Waals surface area (Å²) in [4.78, 5) is 11.8. The van der Waals surface area contributed by atoms with Crippen LogP contribution in [0.1, 0.15) is 29.8 Å². The van der Waals surface area contributed by atoms with Crippen LogP contribution in [0, 0.1) is 0 Å². The van der Waals surface area contributed by atoms with Crippen LogP contribution in [-0.4, -0.2) is 34.2 Å². The second kappa shape index (κ2) is 7.37. The minimum atomic E-state index is -3.85. The number of benzene rings is 1. The number of hydrogen-bond acceptors (Lipinski definition) is 5. The Hall–Kier alpha value is -1.44. The van der Waals surface area contributed by atoms with Gasteiger partial charge in [0, 0.05) is 6.61 Å². The molecule has 1 rings (SSSR count). The molecule has 0 atom stereocenters. The van der Waals surface area contributed by atoms with Crippen molar-refractivity contribution in [3.63, 3.8) is 0 Å². The maximum Gasteiger partial charge on any atom is 0.338 e. The van der Waals surface area contributed by atoms with E-state index in [4.69, 9.17) is 14.6 Å². The number of sulfonamides is 1. The number of nitrogens with two attached hydrogens (primary N) is 1. The molecule has 6 nitrogen and oxygen atoms in total. The fraction of sp³-hybridized carbons (Fsp3) is 0.462. The molecule has 7 heteroatoms. The molecular formula is C13H19NO5S. The van der Waals surface area contributed by atoms with Crippen LogP contribution in [0.5, 0.6) is 0 Å². The highest BCUT2D eigenvalue weighted by molar-refractivity contribution is 7.89. The summed E-state index contributed by atoms with van der Waals surface area (Å²) in [7, 11) is -3.85. The highest BCUT2D eigenvalue weighted by Gasteiger charge is 2.16. The van der Waals surface area contributed by atoms with E-state index >= 15 is 0 Å². The summed E-state index contributed by atoms with van der Waals surface area (Å²) in [6, 6.07) is 4.20. The van der Waals surface area contributed by atoms with Crippen molar-refractivity contribution >= 4 is 16.0 Å². The predicted octanol–water partition coefficient (Wildman–Crippen LogP) is 1.09. The van der Waals surface area contributed by atoms with Crippen molar-refractivity contribution in [1.82, 2.24) is 0 Å². The van der Waals surface area contributed by atoms with Crippen LogP contribution in [0.25, 0.3) is 0 Å². The van der Waals surface area contributed by atoms with Gasteiger partial charge in [0.2, 0.25) is 10.0 Å². The van der Waals surface area contributed by atoms with E-state index in [2.05, 4.69) is 0 Å². The summed E-state index contributed by atoms with van der Waals surface area (Å²) >= 11 is 0. The van der Waals surface area contributed by atoms with Gasteiger partial charge in [-0.2, -0.15) is 0 Å². The lowest BCUT2D eigenvalue weighted by Gasteiger charge is -2.10. The third-order valence-electron chi connectivity index (χ3n) is 2.68. The van der Waals surface area contributed by atoms with E-state index in [1.165, 1.54) is 12.1 Å². The van der Waals surface area contributed by atoms with Gasteiger partial charge in [0.25, 0.3) is 0 Å². The lowest BCUT2D eigenvalue weighted by Crippen LogP contribution is -2.16. The molecule has 0 saturated heterocycles. The Kier molecular flexibility index (Phi) is 6.12. The van der Waals surface area contributed by atoms with E-state index in [0.717, 1.165) is 0 Å². The molecular weight excluding hydrogens is 282 g/mol. The zero-order valence-corrected chi connectivity index (χ0v) is 12.4. The van der Waals surface area contributed by atoms with Crippen LogP contribution in [0.3, 0.4) is 0 Å². The van der Waals surface area contributed by atoms with Crippen molar-refractivity contribution in [3.05, 3.63) is 29.3 Å². The van der Waals surface area contributed by atoms with Crippen LogP contribution in [0.15, 0.2) is 23.1 Å². The molecule has 0 unspecified atom stereocenters. The number of aryl methyl sites for hydroxylation is 1. The second-order valence-electron chi connectivity index (χ2n) is 4.05. The third kappa shape index (κ3) is 4.59. The predicted molar refractivity (Wildman–Crippen MR) is 74.0 cm³/mol. The van der Waals surface area contributed by atoms with Gasteiger partial charge in [-0.25, -0.2) is 18.4 Å². The molecule has 1 aromatic carbocycles. The van der Waals surface area contributed by atoms with Crippen molar-refractivity contribution in [2.75, 3.05) is 19.8 Å². The lowest BCUT2D eigenvalue weighted by atomic mass is 10.1. The normalized spacial score (nSPS) is 11.3. The molecule has 0 radical (unpaired) electrons. The van der Waals surface area contributed by atoms with Crippen LogP contribution in [0.2, 0.25) is 0 Å². The Morgan fingerprint density at radius 1 is 1.25 bits per heavy atom. The molecule has 1 aromatic rings. The Morgan fingerprint density at radius 3 is 2.50 bits per heavy atom.